The van der Waals surface area contributed by atoms with Gasteiger partial charge in [-0.2, -0.15) is 13.2 Å². The fraction of sp³-hybridized carbons (Fsp3) is 0.357. The summed E-state index contributed by atoms with van der Waals surface area (Å²) in [5, 5.41) is 11.2. The molecule has 0 atom stereocenters. The number of sulfone groups is 1. The number of amides is 1. The minimum absolute atomic E-state index is 0.00161. The summed E-state index contributed by atoms with van der Waals surface area (Å²) in [6.45, 7) is 4.02. The van der Waals surface area contributed by atoms with Gasteiger partial charge >= 0.3 is 5.51 Å². The van der Waals surface area contributed by atoms with Crippen LogP contribution < -0.4 is 5.32 Å². The highest BCUT2D eigenvalue weighted by atomic mass is 32.2. The number of carbonyl (C=O) groups excluding carboxylic acids is 1. The molecular weight excluding hydrogens is 379 g/mol. The van der Waals surface area contributed by atoms with Crippen LogP contribution in [0.2, 0.25) is 0 Å². The Labute approximate surface area is 146 Å². The second kappa shape index (κ2) is 7.08. The van der Waals surface area contributed by atoms with Gasteiger partial charge in [0.1, 0.15) is 5.01 Å². The van der Waals surface area contributed by atoms with Crippen LogP contribution in [0.4, 0.5) is 18.3 Å². The van der Waals surface area contributed by atoms with Crippen molar-refractivity contribution in [3.8, 4) is 0 Å². The molecule has 2 rings (SSSR count). The maximum Gasteiger partial charge on any atom is 0.501 e. The smallest absolute Gasteiger partial charge is 0.296 e. The Balaban J connectivity index is 2.12. The molecule has 1 N–H and O–H groups in total. The molecular formula is C14H14F3N3O3S2. The summed E-state index contributed by atoms with van der Waals surface area (Å²) in [5.74, 6) is -0.247. The van der Waals surface area contributed by atoms with Gasteiger partial charge < -0.3 is 0 Å². The van der Waals surface area contributed by atoms with E-state index in [1.807, 2.05) is 13.8 Å². The lowest BCUT2D eigenvalue weighted by atomic mass is 10.1. The van der Waals surface area contributed by atoms with Gasteiger partial charge in [0.2, 0.25) is 5.13 Å². The highest BCUT2D eigenvalue weighted by Crippen LogP contribution is 2.30. The van der Waals surface area contributed by atoms with Crippen molar-refractivity contribution in [1.29, 1.82) is 0 Å². The van der Waals surface area contributed by atoms with Gasteiger partial charge in [0, 0.05) is 12.0 Å². The molecule has 0 aliphatic carbocycles. The van der Waals surface area contributed by atoms with E-state index >= 15 is 0 Å². The van der Waals surface area contributed by atoms with Crippen LogP contribution in [0.5, 0.6) is 0 Å². The third-order valence-electron chi connectivity index (χ3n) is 3.00. The molecule has 0 saturated carbocycles. The normalized spacial score (nSPS) is 12.4. The number of halogens is 3. The van der Waals surface area contributed by atoms with Crippen molar-refractivity contribution in [2.24, 2.45) is 5.92 Å². The van der Waals surface area contributed by atoms with Crippen molar-refractivity contribution in [1.82, 2.24) is 10.2 Å². The van der Waals surface area contributed by atoms with Crippen molar-refractivity contribution < 1.29 is 26.4 Å². The van der Waals surface area contributed by atoms with E-state index in [1.165, 1.54) is 11.3 Å². The summed E-state index contributed by atoms with van der Waals surface area (Å²) in [7, 11) is -5.44. The molecule has 1 heterocycles. The van der Waals surface area contributed by atoms with Crippen molar-refractivity contribution in [2.45, 2.75) is 30.7 Å². The predicted octanol–water partition coefficient (Wildman–Crippen LogP) is 3.28. The highest BCUT2D eigenvalue weighted by Gasteiger charge is 2.46. The van der Waals surface area contributed by atoms with Crippen molar-refractivity contribution in [3.63, 3.8) is 0 Å². The molecule has 0 aliphatic heterocycles. The maximum absolute atomic E-state index is 12.5. The van der Waals surface area contributed by atoms with Gasteiger partial charge in [-0.1, -0.05) is 25.2 Å². The van der Waals surface area contributed by atoms with Gasteiger partial charge in [0.05, 0.1) is 4.90 Å². The molecule has 0 fully saturated rings. The van der Waals surface area contributed by atoms with E-state index in [1.54, 1.807) is 0 Å². The molecule has 0 radical (unpaired) electrons. The van der Waals surface area contributed by atoms with Gasteiger partial charge in [-0.15, -0.1) is 10.2 Å². The molecule has 1 aromatic carbocycles. The zero-order valence-electron chi connectivity index (χ0n) is 13.2. The Kier molecular flexibility index (Phi) is 5.47. The second-order valence-electron chi connectivity index (χ2n) is 5.53. The lowest BCUT2D eigenvalue weighted by molar-refractivity contribution is -0.0436. The van der Waals surface area contributed by atoms with Crippen LogP contribution in [-0.4, -0.2) is 30.0 Å². The van der Waals surface area contributed by atoms with E-state index < -0.39 is 26.1 Å². The van der Waals surface area contributed by atoms with E-state index in [4.69, 9.17) is 0 Å². The molecule has 136 valence electrons. The number of nitrogens with one attached hydrogen (secondary N) is 1. The number of hydrogen-bond donors (Lipinski definition) is 1. The Bertz CT molecular complexity index is 859. The Morgan fingerprint density at radius 2 is 1.80 bits per heavy atom. The number of benzene rings is 1. The molecule has 0 spiro atoms. The van der Waals surface area contributed by atoms with Crippen molar-refractivity contribution in [3.05, 3.63) is 34.8 Å². The fourth-order valence-electron chi connectivity index (χ4n) is 1.82. The predicted molar refractivity (Wildman–Crippen MR) is 86.1 cm³/mol. The number of alkyl halides is 3. The Morgan fingerprint density at radius 3 is 2.32 bits per heavy atom. The summed E-state index contributed by atoms with van der Waals surface area (Å²) in [6, 6.07) is 3.48. The summed E-state index contributed by atoms with van der Waals surface area (Å²) >= 11 is 1.20. The summed E-state index contributed by atoms with van der Waals surface area (Å²) in [6.07, 6.45) is 0.706. The highest BCUT2D eigenvalue weighted by molar-refractivity contribution is 7.92. The second-order valence-corrected chi connectivity index (χ2v) is 8.53. The first-order valence-corrected chi connectivity index (χ1v) is 9.36. The number of rotatable bonds is 5. The SMILES string of the molecule is CC(C)Cc1nnc(NC(=O)c2ccc(S(=O)(=O)C(F)(F)F)cc2)s1. The average molecular weight is 393 g/mol. The molecule has 6 nitrogen and oxygen atoms in total. The fourth-order valence-corrected chi connectivity index (χ4v) is 3.53. The number of nitrogens with zero attached hydrogens (tertiary/aromatic N) is 2. The molecule has 0 aliphatic rings. The quantitative estimate of drug-likeness (QED) is 0.842. The van der Waals surface area contributed by atoms with Crippen LogP contribution >= 0.6 is 11.3 Å². The van der Waals surface area contributed by atoms with Gasteiger partial charge in [-0.25, -0.2) is 8.42 Å². The largest absolute Gasteiger partial charge is 0.501 e. The van der Waals surface area contributed by atoms with Crippen LogP contribution in [0, 0.1) is 5.92 Å². The van der Waals surface area contributed by atoms with Gasteiger partial charge in [-0.3, -0.25) is 10.1 Å². The molecule has 0 unspecified atom stereocenters. The third-order valence-corrected chi connectivity index (χ3v) is 5.36. The zero-order chi connectivity index (χ0) is 18.8. The number of anilines is 1. The average Bonchev–Trinajstić information content (AvgIpc) is 2.92. The molecule has 25 heavy (non-hydrogen) atoms. The van der Waals surface area contributed by atoms with E-state index in [-0.39, 0.29) is 10.7 Å². The zero-order valence-corrected chi connectivity index (χ0v) is 14.8. The standard InChI is InChI=1S/C14H14F3N3O3S2/c1-8(2)7-11-19-20-13(24-11)18-12(21)9-3-5-10(6-4-9)25(22,23)14(15,16)17/h3-6,8H,7H2,1-2H3,(H,18,20,21). The van der Waals surface area contributed by atoms with Gasteiger partial charge in [0.25, 0.3) is 15.7 Å². The summed E-state index contributed by atoms with van der Waals surface area (Å²) in [4.78, 5) is 11.1. The van der Waals surface area contributed by atoms with Crippen LogP contribution in [-0.2, 0) is 16.3 Å². The van der Waals surface area contributed by atoms with E-state index in [2.05, 4.69) is 15.5 Å². The first kappa shape index (κ1) is 19.3. The maximum atomic E-state index is 12.5. The lowest BCUT2D eigenvalue weighted by Crippen LogP contribution is -2.23. The minimum Gasteiger partial charge on any atom is -0.296 e. The molecule has 1 amide bonds. The van der Waals surface area contributed by atoms with Crippen LogP contribution in [0.3, 0.4) is 0 Å². The topological polar surface area (TPSA) is 89.0 Å². The Hall–Kier alpha value is -2.01. The van der Waals surface area contributed by atoms with Crippen molar-refractivity contribution in [2.75, 3.05) is 5.32 Å². The first-order valence-electron chi connectivity index (χ1n) is 7.06. The number of hydrogen-bond acceptors (Lipinski definition) is 6. The van der Waals surface area contributed by atoms with Gasteiger partial charge in [0.15, 0.2) is 0 Å². The third kappa shape index (κ3) is 4.54. The van der Waals surface area contributed by atoms with Gasteiger partial charge in [-0.05, 0) is 30.2 Å². The van der Waals surface area contributed by atoms with Crippen LogP contribution in [0.1, 0.15) is 29.2 Å². The Morgan fingerprint density at radius 1 is 1.20 bits per heavy atom. The molecule has 0 saturated heterocycles. The molecule has 0 bridgehead atoms. The number of aromatic nitrogens is 2. The molecule has 2 aromatic rings. The lowest BCUT2D eigenvalue weighted by Gasteiger charge is -2.08. The molecule has 1 aromatic heterocycles. The first-order chi connectivity index (χ1) is 11.5. The number of carbonyl (C=O) groups is 1. The van der Waals surface area contributed by atoms with E-state index in [9.17, 15) is 26.4 Å². The summed E-state index contributed by atoms with van der Waals surface area (Å²) < 4.78 is 60.0. The van der Waals surface area contributed by atoms with Crippen LogP contribution in [0.15, 0.2) is 29.2 Å². The summed E-state index contributed by atoms with van der Waals surface area (Å²) in [5.41, 5.74) is -5.39. The van der Waals surface area contributed by atoms with Crippen LogP contribution in [0.25, 0.3) is 0 Å². The molecule has 11 heteroatoms. The van der Waals surface area contributed by atoms with E-state index in [0.29, 0.717) is 12.3 Å². The van der Waals surface area contributed by atoms with Crippen molar-refractivity contribution >= 4 is 32.2 Å². The van der Waals surface area contributed by atoms with E-state index in [0.717, 1.165) is 29.3 Å². The minimum atomic E-state index is -5.44. The monoisotopic (exact) mass is 393 g/mol.